The van der Waals surface area contributed by atoms with Gasteiger partial charge in [-0.2, -0.15) is 0 Å². The molecule has 0 radical (unpaired) electrons. The Labute approximate surface area is 132 Å². The topological polar surface area (TPSA) is 26.3 Å². The first kappa shape index (κ1) is 15.3. The second kappa shape index (κ2) is 6.67. The lowest BCUT2D eigenvalue weighted by Crippen LogP contribution is -2.21. The summed E-state index contributed by atoms with van der Waals surface area (Å²) in [5, 5.41) is 0. The number of hydrogen-bond acceptors (Lipinski definition) is 2. The Balaban J connectivity index is 1.89. The van der Waals surface area contributed by atoms with Gasteiger partial charge in [0.15, 0.2) is 5.78 Å². The van der Waals surface area contributed by atoms with Crippen molar-refractivity contribution in [3.8, 4) is 0 Å². The van der Waals surface area contributed by atoms with Crippen LogP contribution in [0.5, 0.6) is 0 Å². The number of rotatable bonds is 2. The average molecular weight is 312 g/mol. The van der Waals surface area contributed by atoms with Crippen molar-refractivity contribution in [2.45, 2.75) is 0 Å². The molecule has 4 heteroatoms. The summed E-state index contributed by atoms with van der Waals surface area (Å²) in [5.41, 5.74) is 2.10. The molecule has 1 aliphatic rings. The summed E-state index contributed by atoms with van der Waals surface area (Å²) >= 11 is 0. The lowest BCUT2D eigenvalue weighted by atomic mass is 9.98. The van der Waals surface area contributed by atoms with E-state index in [4.69, 9.17) is 4.74 Å². The number of ether oxygens (including phenoxy) is 1. The molecule has 116 valence electrons. The molecule has 1 heterocycles. The molecule has 0 aliphatic carbocycles. The van der Waals surface area contributed by atoms with Crippen LogP contribution in [0.15, 0.2) is 59.7 Å². The molecule has 2 aromatic rings. The van der Waals surface area contributed by atoms with Crippen molar-refractivity contribution in [2.24, 2.45) is 0 Å². The molecule has 0 atom stereocenters. The van der Waals surface area contributed by atoms with E-state index in [2.05, 4.69) is 0 Å². The minimum atomic E-state index is -0.362. The van der Waals surface area contributed by atoms with Crippen LogP contribution >= 0.6 is 0 Å². The van der Waals surface area contributed by atoms with Crippen LogP contribution in [-0.2, 0) is 9.53 Å². The molecule has 0 N–H and O–H groups in total. The van der Waals surface area contributed by atoms with E-state index in [9.17, 15) is 13.6 Å². The van der Waals surface area contributed by atoms with Gasteiger partial charge in [-0.3, -0.25) is 4.79 Å². The van der Waals surface area contributed by atoms with Gasteiger partial charge in [0.05, 0.1) is 13.2 Å². The quantitative estimate of drug-likeness (QED) is 0.783. The van der Waals surface area contributed by atoms with Crippen LogP contribution in [0, 0.1) is 11.6 Å². The smallest absolute Gasteiger partial charge is 0.189 e. The van der Waals surface area contributed by atoms with Crippen molar-refractivity contribution in [3.63, 3.8) is 0 Å². The van der Waals surface area contributed by atoms with Crippen LogP contribution in [0.4, 0.5) is 8.78 Å². The second-order valence-electron chi connectivity index (χ2n) is 5.27. The predicted molar refractivity (Wildman–Crippen MR) is 84.6 cm³/mol. The Morgan fingerprint density at radius 2 is 1.30 bits per heavy atom. The van der Waals surface area contributed by atoms with Gasteiger partial charge in [0, 0.05) is 11.1 Å². The van der Waals surface area contributed by atoms with Crippen LogP contribution in [0.25, 0.3) is 12.2 Å². The number of Topliss-reactive ketones (excluding diaryl/α,β-unsaturated/α-hetero) is 1. The Hall–Kier alpha value is -2.59. The Morgan fingerprint density at radius 1 is 0.826 bits per heavy atom. The van der Waals surface area contributed by atoms with Crippen molar-refractivity contribution in [2.75, 3.05) is 13.2 Å². The maximum absolute atomic E-state index is 13.2. The first-order chi connectivity index (χ1) is 11.1. The fourth-order valence-electron chi connectivity index (χ4n) is 2.42. The predicted octanol–water partition coefficient (Wildman–Crippen LogP) is 4.03. The van der Waals surface area contributed by atoms with E-state index in [0.29, 0.717) is 22.3 Å². The summed E-state index contributed by atoms with van der Waals surface area (Å²) in [5.74, 6) is -0.886. The molecule has 0 amide bonds. The minimum absolute atomic E-state index is 0.162. The first-order valence-electron chi connectivity index (χ1n) is 7.16. The van der Waals surface area contributed by atoms with Crippen LogP contribution < -0.4 is 0 Å². The molecular weight excluding hydrogens is 298 g/mol. The Morgan fingerprint density at radius 3 is 1.74 bits per heavy atom. The number of hydrogen-bond donors (Lipinski definition) is 0. The van der Waals surface area contributed by atoms with Gasteiger partial charge in [-0.1, -0.05) is 24.3 Å². The van der Waals surface area contributed by atoms with E-state index in [1.165, 1.54) is 24.3 Å². The largest absolute Gasteiger partial charge is 0.372 e. The van der Waals surface area contributed by atoms with E-state index in [-0.39, 0.29) is 30.6 Å². The third-order valence-corrected chi connectivity index (χ3v) is 3.48. The van der Waals surface area contributed by atoms with Crippen LogP contribution in [0.3, 0.4) is 0 Å². The van der Waals surface area contributed by atoms with Gasteiger partial charge in [-0.25, -0.2) is 8.78 Å². The number of carbonyl (C=O) groups excluding carboxylic acids is 1. The van der Waals surface area contributed by atoms with E-state index < -0.39 is 0 Å². The van der Waals surface area contributed by atoms with Crippen molar-refractivity contribution >= 4 is 17.9 Å². The molecule has 3 rings (SSSR count). The SMILES string of the molecule is O=C1/C(=C/c2cccc(F)c2)COC/C1=C\c1cccc(F)c1. The number of halogens is 2. The molecule has 1 aliphatic heterocycles. The molecule has 23 heavy (non-hydrogen) atoms. The van der Waals surface area contributed by atoms with E-state index >= 15 is 0 Å². The summed E-state index contributed by atoms with van der Waals surface area (Å²) in [6.45, 7) is 0.353. The molecule has 0 bridgehead atoms. The maximum atomic E-state index is 13.2. The second-order valence-corrected chi connectivity index (χ2v) is 5.27. The summed E-state index contributed by atoms with van der Waals surface area (Å²) < 4.78 is 31.9. The van der Waals surface area contributed by atoms with E-state index in [1.54, 1.807) is 36.4 Å². The molecule has 1 fully saturated rings. The highest BCUT2D eigenvalue weighted by molar-refractivity contribution is 6.14. The van der Waals surface area contributed by atoms with E-state index in [0.717, 1.165) is 0 Å². The zero-order valence-electron chi connectivity index (χ0n) is 12.3. The zero-order valence-corrected chi connectivity index (χ0v) is 12.3. The highest BCUT2D eigenvalue weighted by Gasteiger charge is 2.21. The lowest BCUT2D eigenvalue weighted by Gasteiger charge is -2.17. The number of benzene rings is 2. The van der Waals surface area contributed by atoms with E-state index in [1.807, 2.05) is 0 Å². The standard InChI is InChI=1S/C19H14F2O2/c20-17-5-1-3-13(9-17)7-15-11-23-12-16(19(15)22)8-14-4-2-6-18(21)10-14/h1-10H,11-12H2/b15-7+,16-8+. The van der Waals surface area contributed by atoms with Crippen LogP contribution in [0.1, 0.15) is 11.1 Å². The minimum Gasteiger partial charge on any atom is -0.372 e. The third kappa shape index (κ3) is 3.79. The van der Waals surface area contributed by atoms with Crippen LogP contribution in [-0.4, -0.2) is 19.0 Å². The number of ketones is 1. The monoisotopic (exact) mass is 312 g/mol. The molecule has 0 unspecified atom stereocenters. The van der Waals surface area contributed by atoms with Gasteiger partial charge in [-0.05, 0) is 47.5 Å². The van der Waals surface area contributed by atoms with Gasteiger partial charge in [0.1, 0.15) is 11.6 Å². The van der Waals surface area contributed by atoms with Crippen molar-refractivity contribution < 1.29 is 18.3 Å². The molecule has 2 aromatic carbocycles. The fraction of sp³-hybridized carbons (Fsp3) is 0.105. The van der Waals surface area contributed by atoms with Gasteiger partial charge in [0.25, 0.3) is 0 Å². The highest BCUT2D eigenvalue weighted by atomic mass is 19.1. The van der Waals surface area contributed by atoms with Crippen molar-refractivity contribution in [1.82, 2.24) is 0 Å². The number of carbonyl (C=O) groups is 1. The fourth-order valence-corrected chi connectivity index (χ4v) is 2.42. The Bertz CT molecular complexity index is 741. The van der Waals surface area contributed by atoms with Gasteiger partial charge in [0.2, 0.25) is 0 Å². The maximum Gasteiger partial charge on any atom is 0.189 e. The summed E-state index contributed by atoms with van der Waals surface area (Å²) in [4.78, 5) is 12.5. The molecule has 1 saturated heterocycles. The van der Waals surface area contributed by atoms with Gasteiger partial charge >= 0.3 is 0 Å². The molecule has 2 nitrogen and oxygen atoms in total. The van der Waals surface area contributed by atoms with Crippen LogP contribution in [0.2, 0.25) is 0 Å². The molecule has 0 spiro atoms. The molecule has 0 aromatic heterocycles. The molecule has 0 saturated carbocycles. The zero-order chi connectivity index (χ0) is 16.2. The lowest BCUT2D eigenvalue weighted by molar-refractivity contribution is -0.114. The average Bonchev–Trinajstić information content (AvgIpc) is 2.51. The summed E-state index contributed by atoms with van der Waals surface area (Å²) in [7, 11) is 0. The van der Waals surface area contributed by atoms with Gasteiger partial charge < -0.3 is 4.74 Å². The normalized spacial score (nSPS) is 18.6. The summed E-state index contributed by atoms with van der Waals surface area (Å²) in [6.07, 6.45) is 3.23. The highest BCUT2D eigenvalue weighted by Crippen LogP contribution is 2.20. The van der Waals surface area contributed by atoms with Crippen molar-refractivity contribution in [3.05, 3.63) is 82.4 Å². The van der Waals surface area contributed by atoms with Crippen molar-refractivity contribution in [1.29, 1.82) is 0 Å². The first-order valence-corrected chi connectivity index (χ1v) is 7.16. The Kier molecular flexibility index (Phi) is 4.44. The van der Waals surface area contributed by atoms with Gasteiger partial charge in [-0.15, -0.1) is 0 Å². The molecular formula is C19H14F2O2. The summed E-state index contributed by atoms with van der Waals surface area (Å²) in [6, 6.07) is 12.0. The third-order valence-electron chi connectivity index (χ3n) is 3.48.